The number of aliphatic carboxylic acids is 1. The van der Waals surface area contributed by atoms with Gasteiger partial charge >= 0.3 is 12.0 Å². The van der Waals surface area contributed by atoms with Crippen molar-refractivity contribution in [2.24, 2.45) is 11.8 Å². The number of hydrogen-bond donors (Lipinski definition) is 2. The Hall–Kier alpha value is -1.08. The first-order valence-corrected chi connectivity index (χ1v) is 8.41. The maximum atomic E-state index is 12.0. The van der Waals surface area contributed by atoms with Crippen LogP contribution in [0.1, 0.15) is 25.8 Å². The van der Waals surface area contributed by atoms with Crippen LogP contribution in [0, 0.1) is 11.8 Å². The molecule has 1 unspecified atom stereocenters. The zero-order chi connectivity index (χ0) is 16.0. The Kier molecular flexibility index (Phi) is 7.17. The topological polar surface area (TPSA) is 69.6 Å². The molecule has 1 heterocycles. The van der Waals surface area contributed by atoms with Gasteiger partial charge in [-0.25, -0.2) is 4.79 Å². The molecular weight excluding hydrogens is 356 g/mol. The Morgan fingerprint density at radius 1 is 1.48 bits per heavy atom. The number of thiophene rings is 1. The molecule has 118 valence electrons. The summed E-state index contributed by atoms with van der Waals surface area (Å²) in [6.07, 6.45) is 0.552. The minimum atomic E-state index is -0.867. The average molecular weight is 377 g/mol. The molecular formula is C14H21BrN2O3S. The van der Waals surface area contributed by atoms with Crippen molar-refractivity contribution < 1.29 is 14.7 Å². The first-order chi connectivity index (χ1) is 9.79. The van der Waals surface area contributed by atoms with Crippen LogP contribution in [0.2, 0.25) is 0 Å². The van der Waals surface area contributed by atoms with E-state index in [-0.39, 0.29) is 18.5 Å². The number of carboxylic acid groups (broad SMARTS) is 1. The van der Waals surface area contributed by atoms with Crippen LogP contribution >= 0.6 is 27.3 Å². The molecule has 0 saturated carbocycles. The lowest BCUT2D eigenvalue weighted by Crippen LogP contribution is -2.40. The third kappa shape index (κ3) is 6.48. The molecule has 0 spiro atoms. The highest BCUT2D eigenvalue weighted by molar-refractivity contribution is 9.11. The third-order valence-electron chi connectivity index (χ3n) is 2.99. The summed E-state index contributed by atoms with van der Waals surface area (Å²) in [7, 11) is 1.69. The molecule has 1 rings (SSSR count). The number of urea groups is 1. The van der Waals surface area contributed by atoms with Gasteiger partial charge in [-0.1, -0.05) is 13.8 Å². The Morgan fingerprint density at radius 2 is 2.14 bits per heavy atom. The van der Waals surface area contributed by atoms with E-state index in [0.717, 1.165) is 9.35 Å². The highest BCUT2D eigenvalue weighted by atomic mass is 79.9. The molecule has 1 aromatic heterocycles. The molecule has 2 N–H and O–H groups in total. The van der Waals surface area contributed by atoms with Gasteiger partial charge in [0.1, 0.15) is 0 Å². The van der Waals surface area contributed by atoms with Crippen LogP contribution in [0.15, 0.2) is 15.2 Å². The Balaban J connectivity index is 2.45. The Bertz CT molecular complexity index is 490. The van der Waals surface area contributed by atoms with Crippen molar-refractivity contribution in [3.63, 3.8) is 0 Å². The van der Waals surface area contributed by atoms with Gasteiger partial charge in [0, 0.05) is 20.1 Å². The molecule has 1 aromatic rings. The van der Waals surface area contributed by atoms with E-state index in [4.69, 9.17) is 5.11 Å². The maximum absolute atomic E-state index is 12.0. The maximum Gasteiger partial charge on any atom is 0.317 e. The summed E-state index contributed by atoms with van der Waals surface area (Å²) in [5, 5.41) is 13.8. The molecule has 21 heavy (non-hydrogen) atoms. The fourth-order valence-electron chi connectivity index (χ4n) is 1.96. The monoisotopic (exact) mass is 376 g/mol. The van der Waals surface area contributed by atoms with E-state index in [1.54, 1.807) is 23.3 Å². The van der Waals surface area contributed by atoms with Crippen molar-refractivity contribution >= 4 is 39.3 Å². The molecule has 2 amide bonds. The minimum Gasteiger partial charge on any atom is -0.481 e. The zero-order valence-corrected chi connectivity index (χ0v) is 14.8. The van der Waals surface area contributed by atoms with Crippen LogP contribution in [-0.4, -0.2) is 35.6 Å². The molecule has 0 aromatic carbocycles. The second-order valence-corrected chi connectivity index (χ2v) is 7.76. The van der Waals surface area contributed by atoms with E-state index in [1.807, 2.05) is 25.3 Å². The molecule has 0 radical (unpaired) electrons. The van der Waals surface area contributed by atoms with Gasteiger partial charge in [-0.15, -0.1) is 11.3 Å². The van der Waals surface area contributed by atoms with Gasteiger partial charge in [0.05, 0.1) is 9.70 Å². The van der Waals surface area contributed by atoms with Gasteiger partial charge in [-0.2, -0.15) is 0 Å². The second-order valence-electron chi connectivity index (χ2n) is 5.47. The fourth-order valence-corrected chi connectivity index (χ4v) is 3.16. The van der Waals surface area contributed by atoms with Gasteiger partial charge in [0.15, 0.2) is 0 Å². The summed E-state index contributed by atoms with van der Waals surface area (Å²) in [5.74, 6) is -1.13. The van der Waals surface area contributed by atoms with Crippen molar-refractivity contribution in [1.82, 2.24) is 10.2 Å². The van der Waals surface area contributed by atoms with Crippen molar-refractivity contribution in [2.75, 3.05) is 13.6 Å². The van der Waals surface area contributed by atoms with E-state index in [9.17, 15) is 9.59 Å². The zero-order valence-electron chi connectivity index (χ0n) is 12.4. The highest BCUT2D eigenvalue weighted by Gasteiger charge is 2.20. The molecule has 7 heteroatoms. The summed E-state index contributed by atoms with van der Waals surface area (Å²) in [6.45, 7) is 4.59. The smallest absolute Gasteiger partial charge is 0.317 e. The molecule has 0 bridgehead atoms. The first kappa shape index (κ1) is 18.0. The minimum absolute atomic E-state index is 0.157. The quantitative estimate of drug-likeness (QED) is 0.765. The lowest BCUT2D eigenvalue weighted by molar-refractivity contribution is -0.142. The standard InChI is InChI=1S/C14H21BrN2O3S/c1-9(2)4-11(13(18)19)6-16-14(20)17(3)7-10-5-12(15)21-8-10/h5,8-9,11H,4,6-7H2,1-3H3,(H,16,20)(H,18,19). The number of carbonyl (C=O) groups excluding carboxylic acids is 1. The molecule has 0 aliphatic rings. The number of rotatable bonds is 7. The largest absolute Gasteiger partial charge is 0.481 e. The third-order valence-corrected chi connectivity index (χ3v) is 4.55. The van der Waals surface area contributed by atoms with Gasteiger partial charge in [-0.3, -0.25) is 4.79 Å². The molecule has 0 aliphatic heterocycles. The van der Waals surface area contributed by atoms with E-state index >= 15 is 0 Å². The number of amides is 2. The first-order valence-electron chi connectivity index (χ1n) is 6.74. The Labute approximate surface area is 137 Å². The van der Waals surface area contributed by atoms with Gasteiger partial charge in [0.25, 0.3) is 0 Å². The van der Waals surface area contributed by atoms with Crippen LogP contribution in [0.3, 0.4) is 0 Å². The van der Waals surface area contributed by atoms with Crippen LogP contribution in [0.25, 0.3) is 0 Å². The van der Waals surface area contributed by atoms with Crippen molar-refractivity contribution in [3.8, 4) is 0 Å². The Morgan fingerprint density at radius 3 is 2.62 bits per heavy atom. The summed E-state index contributed by atoms with van der Waals surface area (Å²) >= 11 is 4.95. The number of halogens is 1. The predicted octanol–water partition coefficient (Wildman–Crippen LogP) is 3.40. The molecule has 0 aliphatic carbocycles. The normalized spacial score (nSPS) is 12.2. The SMILES string of the molecule is CC(C)CC(CNC(=O)N(C)Cc1csc(Br)c1)C(=O)O. The second kappa shape index (κ2) is 8.38. The van der Waals surface area contributed by atoms with E-state index in [2.05, 4.69) is 21.2 Å². The van der Waals surface area contributed by atoms with E-state index in [0.29, 0.717) is 13.0 Å². The van der Waals surface area contributed by atoms with Crippen LogP contribution in [0.4, 0.5) is 4.79 Å². The van der Waals surface area contributed by atoms with Gasteiger partial charge in [-0.05, 0) is 45.3 Å². The number of nitrogens with one attached hydrogen (secondary N) is 1. The van der Waals surface area contributed by atoms with Crippen LogP contribution in [0.5, 0.6) is 0 Å². The molecule has 5 nitrogen and oxygen atoms in total. The number of nitrogens with zero attached hydrogens (tertiary/aromatic N) is 1. The highest BCUT2D eigenvalue weighted by Crippen LogP contribution is 2.21. The summed E-state index contributed by atoms with van der Waals surface area (Å²) < 4.78 is 1.02. The van der Waals surface area contributed by atoms with E-state index < -0.39 is 11.9 Å². The van der Waals surface area contributed by atoms with Gasteiger partial charge in [0.2, 0.25) is 0 Å². The number of carboxylic acids is 1. The van der Waals surface area contributed by atoms with Crippen molar-refractivity contribution in [3.05, 3.63) is 20.8 Å². The fraction of sp³-hybridized carbons (Fsp3) is 0.571. The summed E-state index contributed by atoms with van der Waals surface area (Å²) in [4.78, 5) is 24.7. The van der Waals surface area contributed by atoms with Crippen LogP contribution in [-0.2, 0) is 11.3 Å². The summed E-state index contributed by atoms with van der Waals surface area (Å²) in [5.41, 5.74) is 1.04. The van der Waals surface area contributed by atoms with Gasteiger partial charge < -0.3 is 15.3 Å². The average Bonchev–Trinajstić information content (AvgIpc) is 2.78. The lowest BCUT2D eigenvalue weighted by Gasteiger charge is -2.20. The molecule has 0 saturated heterocycles. The molecule has 0 fully saturated rings. The number of carbonyl (C=O) groups is 2. The van der Waals surface area contributed by atoms with E-state index in [1.165, 1.54) is 0 Å². The summed E-state index contributed by atoms with van der Waals surface area (Å²) in [6, 6.07) is 1.71. The van der Waals surface area contributed by atoms with Crippen molar-refractivity contribution in [1.29, 1.82) is 0 Å². The predicted molar refractivity (Wildman–Crippen MR) is 87.5 cm³/mol. The lowest BCUT2D eigenvalue weighted by atomic mass is 9.97. The van der Waals surface area contributed by atoms with Crippen molar-refractivity contribution in [2.45, 2.75) is 26.8 Å². The number of hydrogen-bond acceptors (Lipinski definition) is 3. The molecule has 1 atom stereocenters. The van der Waals surface area contributed by atoms with Crippen LogP contribution < -0.4 is 5.32 Å².